The molecule has 0 spiro atoms. The lowest BCUT2D eigenvalue weighted by atomic mass is 9.96. The lowest BCUT2D eigenvalue weighted by Crippen LogP contribution is -2.66. The predicted molar refractivity (Wildman–Crippen MR) is 370 cm³/mol. The summed E-state index contributed by atoms with van der Waals surface area (Å²) in [6.45, 7) is 1.76. The van der Waals surface area contributed by atoms with E-state index in [0.717, 1.165) is 38.5 Å². The van der Waals surface area contributed by atoms with Crippen LogP contribution in [0.1, 0.15) is 316 Å². The summed E-state index contributed by atoms with van der Waals surface area (Å²) >= 11 is 0. The van der Waals surface area contributed by atoms with E-state index in [-0.39, 0.29) is 18.9 Å². The maximum Gasteiger partial charge on any atom is 0.220 e. The lowest BCUT2D eigenvalue weighted by molar-refractivity contribution is -0.379. The molecule has 0 aromatic carbocycles. The zero-order valence-corrected chi connectivity index (χ0v) is 59.0. The molecule has 3 aliphatic rings. The largest absolute Gasteiger partial charge is 0.394 e. The van der Waals surface area contributed by atoms with Crippen molar-refractivity contribution in [2.75, 3.05) is 26.4 Å². The minimum Gasteiger partial charge on any atom is -0.394 e. The number of nitrogens with one attached hydrogen (secondary N) is 1. The summed E-state index contributed by atoms with van der Waals surface area (Å²) in [5.41, 5.74) is 0. The van der Waals surface area contributed by atoms with Gasteiger partial charge < -0.3 is 89.9 Å². The fourth-order valence-corrected chi connectivity index (χ4v) is 13.3. The molecule has 3 aliphatic heterocycles. The van der Waals surface area contributed by atoms with Crippen LogP contribution >= 0.6 is 0 Å². The van der Waals surface area contributed by atoms with E-state index >= 15 is 0 Å². The van der Waals surface area contributed by atoms with Gasteiger partial charge in [0.25, 0.3) is 0 Å². The summed E-state index contributed by atoms with van der Waals surface area (Å²) in [6, 6.07) is -0.987. The van der Waals surface area contributed by atoms with Crippen LogP contribution in [0.5, 0.6) is 0 Å². The number of allylic oxidation sites excluding steroid dienone is 3. The van der Waals surface area contributed by atoms with Gasteiger partial charge in [-0.25, -0.2) is 0 Å². The van der Waals surface area contributed by atoms with Crippen molar-refractivity contribution >= 4 is 5.91 Å². The Morgan fingerprint density at radius 2 is 0.681 bits per heavy atom. The summed E-state index contributed by atoms with van der Waals surface area (Å²) in [5, 5.41) is 121. The molecule has 19 heteroatoms. The molecular formula is C75H141NO18. The van der Waals surface area contributed by atoms with Crippen molar-refractivity contribution in [3.8, 4) is 0 Å². The zero-order valence-electron chi connectivity index (χ0n) is 59.0. The van der Waals surface area contributed by atoms with Crippen molar-refractivity contribution in [3.05, 3.63) is 24.3 Å². The quantitative estimate of drug-likeness (QED) is 0.0199. The number of carbonyl (C=O) groups is 1. The van der Waals surface area contributed by atoms with Gasteiger partial charge in [-0.2, -0.15) is 0 Å². The number of carbonyl (C=O) groups excluding carboxylic acids is 1. The third kappa shape index (κ3) is 37.6. The fourth-order valence-electron chi connectivity index (χ4n) is 13.3. The van der Waals surface area contributed by atoms with Crippen LogP contribution in [0.4, 0.5) is 0 Å². The molecule has 12 N–H and O–H groups in total. The summed E-state index contributed by atoms with van der Waals surface area (Å²) < 4.78 is 34.4. The molecule has 3 saturated heterocycles. The summed E-state index contributed by atoms with van der Waals surface area (Å²) in [7, 11) is 0. The van der Waals surface area contributed by atoms with Crippen LogP contribution in [0.2, 0.25) is 0 Å². The molecule has 3 rings (SSSR count). The minimum atomic E-state index is -1.98. The van der Waals surface area contributed by atoms with E-state index in [1.807, 2.05) is 6.08 Å². The molecule has 0 saturated carbocycles. The highest BCUT2D eigenvalue weighted by atomic mass is 16.8. The highest BCUT2D eigenvalue weighted by Gasteiger charge is 2.53. The van der Waals surface area contributed by atoms with E-state index in [0.29, 0.717) is 12.8 Å². The van der Waals surface area contributed by atoms with Crippen LogP contribution in [-0.4, -0.2) is 193 Å². The molecule has 0 radical (unpaired) electrons. The Hall–Kier alpha value is -1.73. The number of rotatable bonds is 61. The Morgan fingerprint density at radius 1 is 0.372 bits per heavy atom. The summed E-state index contributed by atoms with van der Waals surface area (Å²) in [4.78, 5) is 13.4. The third-order valence-electron chi connectivity index (χ3n) is 19.5. The van der Waals surface area contributed by atoms with Gasteiger partial charge in [-0.05, 0) is 32.1 Å². The van der Waals surface area contributed by atoms with Gasteiger partial charge in [0.2, 0.25) is 5.91 Å². The molecule has 554 valence electrons. The number of hydrogen-bond donors (Lipinski definition) is 12. The van der Waals surface area contributed by atoms with Crippen molar-refractivity contribution < 1.29 is 89.4 Å². The lowest BCUT2D eigenvalue weighted by Gasteiger charge is -2.48. The van der Waals surface area contributed by atoms with E-state index in [2.05, 4.69) is 31.3 Å². The van der Waals surface area contributed by atoms with Crippen LogP contribution in [0, 0.1) is 0 Å². The van der Waals surface area contributed by atoms with Crippen LogP contribution in [0.3, 0.4) is 0 Å². The molecule has 3 heterocycles. The highest BCUT2D eigenvalue weighted by molar-refractivity contribution is 5.76. The van der Waals surface area contributed by atoms with Crippen LogP contribution in [0.25, 0.3) is 0 Å². The first-order chi connectivity index (χ1) is 45.8. The Labute approximate surface area is 568 Å². The maximum absolute atomic E-state index is 13.4. The maximum atomic E-state index is 13.4. The van der Waals surface area contributed by atoms with Gasteiger partial charge in [0, 0.05) is 6.42 Å². The summed E-state index contributed by atoms with van der Waals surface area (Å²) in [5.74, 6) is -0.278. The number of unbranched alkanes of at least 4 members (excludes halogenated alkanes) is 43. The molecule has 0 aromatic rings. The smallest absolute Gasteiger partial charge is 0.220 e. The van der Waals surface area contributed by atoms with Gasteiger partial charge in [-0.3, -0.25) is 4.79 Å². The van der Waals surface area contributed by atoms with E-state index < -0.39 is 124 Å². The fraction of sp³-hybridized carbons (Fsp3) is 0.933. The van der Waals surface area contributed by atoms with Crippen LogP contribution < -0.4 is 5.32 Å². The van der Waals surface area contributed by atoms with Crippen molar-refractivity contribution in [3.63, 3.8) is 0 Å². The molecule has 0 aromatic heterocycles. The summed E-state index contributed by atoms with van der Waals surface area (Å²) in [6.07, 6.45) is 40.3. The van der Waals surface area contributed by atoms with Gasteiger partial charge in [-0.15, -0.1) is 0 Å². The van der Waals surface area contributed by atoms with Crippen molar-refractivity contribution in [2.45, 2.75) is 420 Å². The minimum absolute atomic E-state index is 0.241. The molecule has 0 bridgehead atoms. The van der Waals surface area contributed by atoms with Gasteiger partial charge in [-0.1, -0.05) is 301 Å². The number of aliphatic hydroxyl groups excluding tert-OH is 11. The second kappa shape index (κ2) is 57.0. The molecular weight excluding hydrogens is 1200 g/mol. The molecule has 1 amide bonds. The van der Waals surface area contributed by atoms with Gasteiger partial charge >= 0.3 is 0 Å². The van der Waals surface area contributed by atoms with Gasteiger partial charge in [0.15, 0.2) is 18.9 Å². The Bertz CT molecular complexity index is 1800. The molecule has 19 nitrogen and oxygen atoms in total. The second-order valence-corrected chi connectivity index (χ2v) is 27.8. The first-order valence-corrected chi connectivity index (χ1v) is 38.6. The van der Waals surface area contributed by atoms with Gasteiger partial charge in [0.1, 0.15) is 73.2 Å². The average molecular weight is 1340 g/mol. The Kier molecular flexibility index (Phi) is 52.4. The highest BCUT2D eigenvalue weighted by Crippen LogP contribution is 2.33. The van der Waals surface area contributed by atoms with Crippen molar-refractivity contribution in [1.82, 2.24) is 5.32 Å². The standard InChI is InChI=1S/C75H141NO18/c1-3-5-7-9-11-13-15-17-19-21-23-24-25-26-27-28-29-30-31-32-33-35-37-39-41-43-45-47-49-51-53-63(81)76-58(59(80)52-50-48-46-44-42-40-38-36-34-22-20-18-16-14-12-10-8-6-4-2)57-89-73-69(87)66(84)71(61(55-78)91-73)94-75-70(88)67(85)72(62(56-79)92-75)93-74-68(86)65(83)64(82)60(54-77)90-74/h42,44,50,52,58-62,64-75,77-80,82-88H,3-41,43,45-49,51,53-57H2,1-2H3,(H,76,81)/b44-42+,52-50+. The molecule has 0 aliphatic carbocycles. The third-order valence-corrected chi connectivity index (χ3v) is 19.5. The molecule has 3 fully saturated rings. The van der Waals surface area contributed by atoms with E-state index in [1.54, 1.807) is 6.08 Å². The molecule has 17 unspecified atom stereocenters. The normalized spacial score (nSPS) is 27.4. The first-order valence-electron chi connectivity index (χ1n) is 38.6. The Morgan fingerprint density at radius 3 is 1.06 bits per heavy atom. The van der Waals surface area contributed by atoms with Crippen LogP contribution in [-0.2, 0) is 33.2 Å². The van der Waals surface area contributed by atoms with E-state index in [1.165, 1.54) is 244 Å². The zero-order chi connectivity index (χ0) is 68.2. The second-order valence-electron chi connectivity index (χ2n) is 27.8. The average Bonchev–Trinajstić information content (AvgIpc) is 0.787. The number of ether oxygens (including phenoxy) is 6. The van der Waals surface area contributed by atoms with E-state index in [9.17, 15) is 61.0 Å². The number of aliphatic hydroxyl groups is 11. The van der Waals surface area contributed by atoms with Crippen molar-refractivity contribution in [2.24, 2.45) is 0 Å². The monoisotopic (exact) mass is 1340 g/mol. The first kappa shape index (κ1) is 86.5. The molecule has 17 atom stereocenters. The number of amides is 1. The number of hydrogen-bond acceptors (Lipinski definition) is 18. The predicted octanol–water partition coefficient (Wildman–Crippen LogP) is 11.8. The topological polar surface area (TPSA) is 307 Å². The molecule has 94 heavy (non-hydrogen) atoms. The van der Waals surface area contributed by atoms with E-state index in [4.69, 9.17) is 28.4 Å². The van der Waals surface area contributed by atoms with Gasteiger partial charge in [0.05, 0.1) is 38.6 Å². The SMILES string of the molecule is CCCCCCCCCCCCCCC/C=C/CC/C=C/C(O)C(COC1OC(CO)C(OC2OC(CO)C(OC3OC(CO)C(O)C(O)C3O)C(O)C2O)C(O)C1O)NC(=O)CCCCCCCCCCCCCCCCCCCCCCCCCCCCCCCC. The van der Waals surface area contributed by atoms with Crippen molar-refractivity contribution in [1.29, 1.82) is 0 Å². The van der Waals surface area contributed by atoms with Crippen LogP contribution in [0.15, 0.2) is 24.3 Å². The Balaban J connectivity index is 1.38.